The van der Waals surface area contributed by atoms with Crippen molar-refractivity contribution in [2.24, 2.45) is 0 Å². The van der Waals surface area contributed by atoms with Crippen LogP contribution in [0.15, 0.2) is 27.6 Å². The fraction of sp³-hybridized carbons (Fsp3) is 0.417. The van der Waals surface area contributed by atoms with Gasteiger partial charge >= 0.3 is 5.97 Å². The fourth-order valence-electron chi connectivity index (χ4n) is 1.94. The van der Waals surface area contributed by atoms with Crippen molar-refractivity contribution in [3.05, 3.63) is 28.2 Å². The van der Waals surface area contributed by atoms with E-state index < -0.39 is 5.97 Å². The van der Waals surface area contributed by atoms with Gasteiger partial charge in [0.25, 0.3) is 0 Å². The Balaban J connectivity index is 2.11. The molecule has 1 aliphatic carbocycles. The smallest absolute Gasteiger partial charge is 0.336 e. The van der Waals surface area contributed by atoms with E-state index in [4.69, 9.17) is 5.11 Å². The van der Waals surface area contributed by atoms with Gasteiger partial charge in [-0.3, -0.25) is 0 Å². The van der Waals surface area contributed by atoms with Crippen LogP contribution in [0, 0.1) is 0 Å². The van der Waals surface area contributed by atoms with E-state index in [1.54, 1.807) is 6.07 Å². The molecule has 0 bridgehead atoms. The van der Waals surface area contributed by atoms with Crippen molar-refractivity contribution in [2.45, 2.75) is 35.8 Å². The van der Waals surface area contributed by atoms with Gasteiger partial charge in [-0.05, 0) is 47.0 Å². The molecule has 0 heterocycles. The minimum atomic E-state index is -0.885. The molecule has 0 atom stereocenters. The maximum atomic E-state index is 10.8. The standard InChI is InChI=1S/C12H13BrO2S/c13-11-7-9(5-6-10(11)12(14)15)16-8-3-1-2-4-8/h5-8H,1-4H2,(H,14,15). The molecule has 0 aromatic heterocycles. The molecule has 2 nitrogen and oxygen atoms in total. The highest BCUT2D eigenvalue weighted by Crippen LogP contribution is 2.36. The van der Waals surface area contributed by atoms with E-state index in [1.807, 2.05) is 23.9 Å². The van der Waals surface area contributed by atoms with Gasteiger partial charge in [0, 0.05) is 14.6 Å². The molecule has 0 spiro atoms. The number of carboxylic acids is 1. The van der Waals surface area contributed by atoms with E-state index in [0.29, 0.717) is 15.3 Å². The molecule has 0 aliphatic heterocycles. The first-order valence-electron chi connectivity index (χ1n) is 5.36. The number of rotatable bonds is 3. The highest BCUT2D eigenvalue weighted by molar-refractivity contribution is 9.10. The molecular formula is C12H13BrO2S. The second kappa shape index (κ2) is 5.23. The van der Waals surface area contributed by atoms with Crippen molar-refractivity contribution in [1.82, 2.24) is 0 Å². The predicted octanol–water partition coefficient (Wildman–Crippen LogP) is 4.18. The Morgan fingerprint density at radius 3 is 2.62 bits per heavy atom. The second-order valence-corrected chi connectivity index (χ2v) is 6.20. The summed E-state index contributed by atoms with van der Waals surface area (Å²) in [5.74, 6) is -0.885. The zero-order valence-corrected chi connectivity index (χ0v) is 11.2. The molecule has 2 rings (SSSR count). The van der Waals surface area contributed by atoms with Crippen LogP contribution in [0.25, 0.3) is 0 Å². The summed E-state index contributed by atoms with van der Waals surface area (Å²) in [6.07, 6.45) is 5.21. The quantitative estimate of drug-likeness (QED) is 0.910. The monoisotopic (exact) mass is 300 g/mol. The second-order valence-electron chi connectivity index (χ2n) is 3.97. The van der Waals surface area contributed by atoms with Gasteiger partial charge < -0.3 is 5.11 Å². The number of halogens is 1. The molecule has 1 aromatic rings. The number of benzene rings is 1. The number of aromatic carboxylic acids is 1. The summed E-state index contributed by atoms with van der Waals surface area (Å²) in [6, 6.07) is 5.48. The third-order valence-corrected chi connectivity index (χ3v) is 4.76. The Labute approximate surface area is 108 Å². The molecular weight excluding hydrogens is 288 g/mol. The van der Waals surface area contributed by atoms with Gasteiger partial charge in [0.1, 0.15) is 0 Å². The average molecular weight is 301 g/mol. The average Bonchev–Trinajstić information content (AvgIpc) is 2.70. The molecule has 1 N–H and O–H groups in total. The van der Waals surface area contributed by atoms with Crippen molar-refractivity contribution < 1.29 is 9.90 Å². The summed E-state index contributed by atoms with van der Waals surface area (Å²) in [5, 5.41) is 9.61. The number of carbonyl (C=O) groups is 1. The Morgan fingerprint density at radius 1 is 1.38 bits per heavy atom. The summed E-state index contributed by atoms with van der Waals surface area (Å²) >= 11 is 5.17. The molecule has 16 heavy (non-hydrogen) atoms. The number of hydrogen-bond acceptors (Lipinski definition) is 2. The summed E-state index contributed by atoms with van der Waals surface area (Å²) in [4.78, 5) is 12.0. The zero-order valence-electron chi connectivity index (χ0n) is 8.78. The van der Waals surface area contributed by atoms with Crippen molar-refractivity contribution in [1.29, 1.82) is 0 Å². The zero-order chi connectivity index (χ0) is 11.5. The van der Waals surface area contributed by atoms with E-state index in [-0.39, 0.29) is 0 Å². The van der Waals surface area contributed by atoms with E-state index in [0.717, 1.165) is 4.90 Å². The Kier molecular flexibility index (Phi) is 3.92. The lowest BCUT2D eigenvalue weighted by atomic mass is 10.2. The van der Waals surface area contributed by atoms with E-state index in [9.17, 15) is 4.79 Å². The molecule has 0 amide bonds. The first-order valence-corrected chi connectivity index (χ1v) is 7.03. The Hall–Kier alpha value is -0.480. The minimum absolute atomic E-state index is 0.329. The van der Waals surface area contributed by atoms with Crippen LogP contribution >= 0.6 is 27.7 Å². The number of thioether (sulfide) groups is 1. The van der Waals surface area contributed by atoms with Crippen LogP contribution in [0.4, 0.5) is 0 Å². The summed E-state index contributed by atoms with van der Waals surface area (Å²) < 4.78 is 0.669. The SMILES string of the molecule is O=C(O)c1ccc(SC2CCCC2)cc1Br. The fourth-order valence-corrected chi connectivity index (χ4v) is 3.93. The molecule has 1 aromatic carbocycles. The highest BCUT2D eigenvalue weighted by atomic mass is 79.9. The van der Waals surface area contributed by atoms with Crippen LogP contribution in [0.3, 0.4) is 0 Å². The van der Waals surface area contributed by atoms with Crippen molar-refractivity contribution in [2.75, 3.05) is 0 Å². The highest BCUT2D eigenvalue weighted by Gasteiger charge is 2.17. The van der Waals surface area contributed by atoms with Crippen molar-refractivity contribution in [3.8, 4) is 0 Å². The van der Waals surface area contributed by atoms with Crippen LogP contribution < -0.4 is 0 Å². The predicted molar refractivity (Wildman–Crippen MR) is 69.2 cm³/mol. The van der Waals surface area contributed by atoms with Crippen LogP contribution in [-0.2, 0) is 0 Å². The summed E-state index contributed by atoms with van der Waals surface area (Å²) in [5.41, 5.74) is 0.329. The third-order valence-electron chi connectivity index (χ3n) is 2.78. The molecule has 0 saturated heterocycles. The van der Waals surface area contributed by atoms with Gasteiger partial charge in [-0.15, -0.1) is 11.8 Å². The first-order chi connectivity index (χ1) is 7.66. The van der Waals surface area contributed by atoms with Crippen LogP contribution in [-0.4, -0.2) is 16.3 Å². The topological polar surface area (TPSA) is 37.3 Å². The van der Waals surface area contributed by atoms with Gasteiger partial charge in [0.05, 0.1) is 5.56 Å². The molecule has 0 radical (unpaired) electrons. The largest absolute Gasteiger partial charge is 0.478 e. The van der Waals surface area contributed by atoms with Gasteiger partial charge in [-0.2, -0.15) is 0 Å². The number of hydrogen-bond donors (Lipinski definition) is 1. The van der Waals surface area contributed by atoms with Crippen molar-refractivity contribution in [3.63, 3.8) is 0 Å². The normalized spacial score (nSPS) is 16.6. The molecule has 4 heteroatoms. The molecule has 0 unspecified atom stereocenters. The summed E-state index contributed by atoms with van der Waals surface area (Å²) in [7, 11) is 0. The van der Waals surface area contributed by atoms with Crippen LogP contribution in [0.2, 0.25) is 0 Å². The summed E-state index contributed by atoms with van der Waals surface area (Å²) in [6.45, 7) is 0. The van der Waals surface area contributed by atoms with Crippen molar-refractivity contribution >= 4 is 33.7 Å². The third kappa shape index (κ3) is 2.80. The molecule has 86 valence electrons. The lowest BCUT2D eigenvalue weighted by Gasteiger charge is -2.09. The lowest BCUT2D eigenvalue weighted by molar-refractivity contribution is 0.0696. The number of carboxylic acid groups (broad SMARTS) is 1. The molecule has 1 saturated carbocycles. The Morgan fingerprint density at radius 2 is 2.06 bits per heavy atom. The first kappa shape index (κ1) is 12.0. The van der Waals surface area contributed by atoms with Gasteiger partial charge in [-0.25, -0.2) is 4.79 Å². The minimum Gasteiger partial charge on any atom is -0.478 e. The van der Waals surface area contributed by atoms with Crippen LogP contribution in [0.5, 0.6) is 0 Å². The Bertz CT molecular complexity index is 400. The maximum absolute atomic E-state index is 10.8. The van der Waals surface area contributed by atoms with E-state index in [1.165, 1.54) is 25.7 Å². The van der Waals surface area contributed by atoms with E-state index in [2.05, 4.69) is 15.9 Å². The molecule has 1 aliphatic rings. The maximum Gasteiger partial charge on any atom is 0.336 e. The van der Waals surface area contributed by atoms with Gasteiger partial charge in [0.15, 0.2) is 0 Å². The lowest BCUT2D eigenvalue weighted by Crippen LogP contribution is -1.98. The van der Waals surface area contributed by atoms with Gasteiger partial charge in [-0.1, -0.05) is 12.8 Å². The van der Waals surface area contributed by atoms with Crippen LogP contribution in [0.1, 0.15) is 36.0 Å². The van der Waals surface area contributed by atoms with E-state index >= 15 is 0 Å². The molecule has 1 fully saturated rings. The van der Waals surface area contributed by atoms with Gasteiger partial charge in [0.2, 0.25) is 0 Å².